The Hall–Kier alpha value is -1.32. The van der Waals surface area contributed by atoms with Gasteiger partial charge in [0, 0.05) is 12.4 Å². The lowest BCUT2D eigenvalue weighted by Crippen LogP contribution is -2.00. The van der Waals surface area contributed by atoms with E-state index in [9.17, 15) is 4.79 Å². The molecule has 0 atom stereocenters. The summed E-state index contributed by atoms with van der Waals surface area (Å²) in [4.78, 5) is 14.8. The van der Waals surface area contributed by atoms with Crippen molar-refractivity contribution < 1.29 is 4.79 Å². The fraction of sp³-hybridized carbons (Fsp3) is 0. The van der Waals surface area contributed by atoms with E-state index in [0.717, 1.165) is 6.29 Å². The number of pyridine rings is 1. The lowest BCUT2D eigenvalue weighted by molar-refractivity contribution is 0.111. The van der Waals surface area contributed by atoms with Gasteiger partial charge in [0.25, 0.3) is 0 Å². The first-order valence-electron chi connectivity index (χ1n) is 4.16. The van der Waals surface area contributed by atoms with Gasteiger partial charge >= 0.3 is 0 Å². The summed E-state index contributed by atoms with van der Waals surface area (Å²) in [5, 5.41) is 0.866. The van der Waals surface area contributed by atoms with E-state index in [0.29, 0.717) is 21.6 Å². The predicted octanol–water partition coefficient (Wildman–Crippen LogP) is 2.99. The van der Waals surface area contributed by atoms with Gasteiger partial charge in [-0.25, -0.2) is 4.98 Å². The van der Waals surface area contributed by atoms with Crippen molar-refractivity contribution in [1.82, 2.24) is 9.55 Å². The van der Waals surface area contributed by atoms with Crippen LogP contribution in [-0.2, 0) is 0 Å². The molecule has 2 rings (SSSR count). The molecular formula is C10H6Cl2N2O. The van der Waals surface area contributed by atoms with Crippen LogP contribution in [0.15, 0.2) is 30.6 Å². The molecule has 3 nitrogen and oxygen atoms in total. The highest BCUT2D eigenvalue weighted by Crippen LogP contribution is 2.22. The summed E-state index contributed by atoms with van der Waals surface area (Å²) in [7, 11) is 0. The van der Waals surface area contributed by atoms with Crippen molar-refractivity contribution in [1.29, 1.82) is 0 Å². The highest BCUT2D eigenvalue weighted by Gasteiger charge is 2.08. The van der Waals surface area contributed by atoms with E-state index in [1.54, 1.807) is 29.0 Å². The number of carbonyl (C=O) groups excluding carboxylic acids is 1. The molecule has 2 aromatic heterocycles. The van der Waals surface area contributed by atoms with E-state index in [4.69, 9.17) is 23.2 Å². The third-order valence-corrected chi connectivity index (χ3v) is 2.40. The molecule has 0 aliphatic heterocycles. The smallest absolute Gasteiger partial charge is 0.166 e. The Labute approximate surface area is 96.3 Å². The van der Waals surface area contributed by atoms with Gasteiger partial charge in [-0.1, -0.05) is 23.2 Å². The maximum absolute atomic E-state index is 10.7. The Morgan fingerprint density at radius 3 is 2.87 bits per heavy atom. The number of rotatable bonds is 2. The molecule has 0 radical (unpaired) electrons. The van der Waals surface area contributed by atoms with Gasteiger partial charge in [0.1, 0.15) is 0 Å². The highest BCUT2D eigenvalue weighted by atomic mass is 35.5. The van der Waals surface area contributed by atoms with Gasteiger partial charge in [-0.05, 0) is 18.2 Å². The minimum atomic E-state index is 0.404. The quantitative estimate of drug-likeness (QED) is 0.757. The zero-order valence-electron chi connectivity index (χ0n) is 7.52. The second-order valence-electron chi connectivity index (χ2n) is 2.88. The highest BCUT2D eigenvalue weighted by molar-refractivity contribution is 6.35. The fourth-order valence-corrected chi connectivity index (χ4v) is 1.74. The lowest BCUT2D eigenvalue weighted by Gasteiger charge is -2.06. The van der Waals surface area contributed by atoms with E-state index in [2.05, 4.69) is 4.98 Å². The summed E-state index contributed by atoms with van der Waals surface area (Å²) >= 11 is 11.7. The lowest BCUT2D eigenvalue weighted by atomic mass is 10.4. The Bertz CT molecular complexity index is 508. The van der Waals surface area contributed by atoms with Crippen LogP contribution in [0.4, 0.5) is 0 Å². The number of hydrogen-bond acceptors (Lipinski definition) is 2. The number of hydrogen-bond donors (Lipinski definition) is 0. The predicted molar refractivity (Wildman–Crippen MR) is 59.0 cm³/mol. The summed E-state index contributed by atoms with van der Waals surface area (Å²) in [5.74, 6) is 0.494. The van der Waals surface area contributed by atoms with E-state index in [-0.39, 0.29) is 0 Å². The Morgan fingerprint density at radius 1 is 1.40 bits per heavy atom. The van der Waals surface area contributed by atoms with Crippen molar-refractivity contribution in [2.45, 2.75) is 0 Å². The topological polar surface area (TPSA) is 34.9 Å². The minimum absolute atomic E-state index is 0.404. The molecule has 0 spiro atoms. The Balaban J connectivity index is 2.59. The molecule has 0 saturated heterocycles. The van der Waals surface area contributed by atoms with E-state index >= 15 is 0 Å². The average Bonchev–Trinajstić information content (AvgIpc) is 2.65. The van der Waals surface area contributed by atoms with Gasteiger partial charge < -0.3 is 0 Å². The van der Waals surface area contributed by atoms with Crippen LogP contribution in [0.2, 0.25) is 10.0 Å². The van der Waals surface area contributed by atoms with Gasteiger partial charge in [0.2, 0.25) is 0 Å². The van der Waals surface area contributed by atoms with Crippen molar-refractivity contribution in [3.05, 3.63) is 46.3 Å². The standard InChI is InChI=1S/C10H6Cl2N2O/c11-7-4-9(12)10(13-5-7)14-3-1-2-8(14)6-15/h1-6H. The third kappa shape index (κ3) is 1.89. The van der Waals surface area contributed by atoms with E-state index in [1.807, 2.05) is 0 Å². The monoisotopic (exact) mass is 240 g/mol. The molecule has 0 aromatic carbocycles. The molecule has 0 saturated carbocycles. The molecule has 2 heterocycles. The van der Waals surface area contributed by atoms with Crippen molar-refractivity contribution in [2.24, 2.45) is 0 Å². The fourth-order valence-electron chi connectivity index (χ4n) is 1.27. The van der Waals surface area contributed by atoms with Gasteiger partial charge in [-0.3, -0.25) is 9.36 Å². The van der Waals surface area contributed by atoms with Gasteiger partial charge in [-0.15, -0.1) is 0 Å². The summed E-state index contributed by atoms with van der Waals surface area (Å²) in [6, 6.07) is 5.01. The summed E-state index contributed by atoms with van der Waals surface area (Å²) in [6.45, 7) is 0. The third-order valence-electron chi connectivity index (χ3n) is 1.92. The van der Waals surface area contributed by atoms with E-state index in [1.165, 1.54) is 6.20 Å². The second kappa shape index (κ2) is 4.04. The van der Waals surface area contributed by atoms with Crippen LogP contribution < -0.4 is 0 Å². The largest absolute Gasteiger partial charge is 0.297 e. The van der Waals surface area contributed by atoms with Crippen molar-refractivity contribution in [2.75, 3.05) is 0 Å². The molecule has 0 fully saturated rings. The maximum atomic E-state index is 10.7. The molecule has 2 aromatic rings. The Kier molecular flexibility index (Phi) is 2.75. The number of aldehydes is 1. The first-order chi connectivity index (χ1) is 7.22. The van der Waals surface area contributed by atoms with Gasteiger partial charge in [0.15, 0.2) is 12.1 Å². The van der Waals surface area contributed by atoms with Crippen molar-refractivity contribution >= 4 is 29.5 Å². The maximum Gasteiger partial charge on any atom is 0.166 e. The van der Waals surface area contributed by atoms with Crippen molar-refractivity contribution in [3.8, 4) is 5.82 Å². The zero-order chi connectivity index (χ0) is 10.8. The Morgan fingerprint density at radius 2 is 2.20 bits per heavy atom. The molecule has 15 heavy (non-hydrogen) atoms. The molecule has 0 unspecified atom stereocenters. The SMILES string of the molecule is O=Cc1cccn1-c1ncc(Cl)cc1Cl. The summed E-state index contributed by atoms with van der Waals surface area (Å²) in [6.07, 6.45) is 3.94. The number of halogens is 2. The average molecular weight is 241 g/mol. The zero-order valence-corrected chi connectivity index (χ0v) is 9.03. The molecule has 0 N–H and O–H groups in total. The van der Waals surface area contributed by atoms with Gasteiger partial charge in [0.05, 0.1) is 15.7 Å². The van der Waals surface area contributed by atoms with Crippen LogP contribution in [0.1, 0.15) is 10.5 Å². The van der Waals surface area contributed by atoms with Crippen LogP contribution in [-0.4, -0.2) is 15.8 Å². The molecule has 0 amide bonds. The number of nitrogens with zero attached hydrogens (tertiary/aromatic N) is 2. The van der Waals surface area contributed by atoms with Crippen LogP contribution in [0, 0.1) is 0 Å². The van der Waals surface area contributed by atoms with Crippen LogP contribution >= 0.6 is 23.2 Å². The first kappa shape index (κ1) is 10.2. The van der Waals surface area contributed by atoms with Crippen molar-refractivity contribution in [3.63, 3.8) is 0 Å². The van der Waals surface area contributed by atoms with Gasteiger partial charge in [-0.2, -0.15) is 0 Å². The van der Waals surface area contributed by atoms with E-state index < -0.39 is 0 Å². The molecule has 0 aliphatic carbocycles. The molecule has 5 heteroatoms. The summed E-state index contributed by atoms with van der Waals surface area (Å²) < 4.78 is 1.60. The number of carbonyl (C=O) groups is 1. The molecular weight excluding hydrogens is 235 g/mol. The van der Waals surface area contributed by atoms with Crippen LogP contribution in [0.25, 0.3) is 5.82 Å². The van der Waals surface area contributed by atoms with Crippen LogP contribution in [0.5, 0.6) is 0 Å². The number of aromatic nitrogens is 2. The molecule has 0 aliphatic rings. The second-order valence-corrected chi connectivity index (χ2v) is 3.72. The minimum Gasteiger partial charge on any atom is -0.297 e. The molecule has 76 valence electrons. The first-order valence-corrected chi connectivity index (χ1v) is 4.92. The summed E-state index contributed by atoms with van der Waals surface area (Å²) in [5.41, 5.74) is 0.492. The molecule has 0 bridgehead atoms. The van der Waals surface area contributed by atoms with Crippen LogP contribution in [0.3, 0.4) is 0 Å². The normalized spacial score (nSPS) is 10.3.